The number of carbonyl (C=O) groups excluding carboxylic acids is 1. The number of carbonyl (C=O) groups is 1. The minimum absolute atomic E-state index is 0.0761. The molecule has 0 spiro atoms. The average molecular weight is 498 g/mol. The Hall–Kier alpha value is -3.77. The number of likely N-dealkylation sites (tertiary alicyclic amines) is 1. The van der Waals surface area contributed by atoms with Crippen LogP contribution < -0.4 is 0 Å². The number of aromatic nitrogens is 1. The van der Waals surface area contributed by atoms with Crippen molar-refractivity contribution in [3.8, 4) is 11.5 Å². The summed E-state index contributed by atoms with van der Waals surface area (Å²) >= 11 is 0. The third-order valence-corrected chi connectivity index (χ3v) is 7.37. The lowest BCUT2D eigenvalue weighted by atomic mass is 9.83. The number of phenols is 2. The molecule has 2 heterocycles. The van der Waals surface area contributed by atoms with Crippen molar-refractivity contribution in [3.05, 3.63) is 95.2 Å². The Balaban J connectivity index is 1.80. The summed E-state index contributed by atoms with van der Waals surface area (Å²) in [6, 6.07) is 22.7. The Labute approximate surface area is 218 Å². The van der Waals surface area contributed by atoms with E-state index in [4.69, 9.17) is 0 Å². The molecule has 0 aliphatic carbocycles. The highest BCUT2D eigenvalue weighted by molar-refractivity contribution is 6.03. The second kappa shape index (κ2) is 10.7. The van der Waals surface area contributed by atoms with Crippen molar-refractivity contribution in [1.29, 1.82) is 0 Å². The fourth-order valence-corrected chi connectivity index (χ4v) is 5.49. The lowest BCUT2D eigenvalue weighted by Crippen LogP contribution is -2.37. The number of hydrogen-bond acceptors (Lipinski definition) is 4. The molecular formula is C31H35N3O3. The molecule has 1 aromatic heterocycles. The van der Waals surface area contributed by atoms with E-state index in [0.29, 0.717) is 6.54 Å². The molecule has 1 saturated heterocycles. The van der Waals surface area contributed by atoms with Gasteiger partial charge in [0.15, 0.2) is 0 Å². The van der Waals surface area contributed by atoms with E-state index in [1.807, 2.05) is 41.3 Å². The van der Waals surface area contributed by atoms with E-state index in [1.54, 1.807) is 24.3 Å². The summed E-state index contributed by atoms with van der Waals surface area (Å²) in [5.41, 5.74) is 4.71. The van der Waals surface area contributed by atoms with Crippen molar-refractivity contribution in [3.63, 3.8) is 0 Å². The molecule has 0 saturated carbocycles. The molecule has 1 amide bonds. The van der Waals surface area contributed by atoms with Gasteiger partial charge in [0.25, 0.3) is 5.91 Å². The maximum absolute atomic E-state index is 14.3. The van der Waals surface area contributed by atoms with Crippen LogP contribution in [0.25, 0.3) is 10.9 Å². The molecule has 0 radical (unpaired) electrons. The lowest BCUT2D eigenvalue weighted by molar-refractivity contribution is 0.0712. The molecule has 6 heteroatoms. The first-order valence-electron chi connectivity index (χ1n) is 13.1. The summed E-state index contributed by atoms with van der Waals surface area (Å²) in [6.07, 6.45) is 3.21. The highest BCUT2D eigenvalue weighted by Crippen LogP contribution is 2.41. The molecule has 2 N–H and O–H groups in total. The van der Waals surface area contributed by atoms with E-state index >= 15 is 0 Å². The number of likely N-dealkylation sites (N-methyl/N-ethyl adjacent to an activating group) is 1. The van der Waals surface area contributed by atoms with Gasteiger partial charge in [-0.05, 0) is 74.8 Å². The number of rotatable bonds is 7. The predicted octanol–water partition coefficient (Wildman–Crippen LogP) is 5.42. The summed E-state index contributed by atoms with van der Waals surface area (Å²) in [5, 5.41) is 21.1. The molecule has 5 rings (SSSR count). The lowest BCUT2D eigenvalue weighted by Gasteiger charge is -2.29. The first kappa shape index (κ1) is 24.9. The SMILES string of the molecule is CN(C)CCn1c(C(=O)N2CCCCC2)c(C(c2ccc(O)cc2)c2ccc(O)cc2)c2ccccc21. The zero-order valence-corrected chi connectivity index (χ0v) is 21.6. The number of para-hydroxylation sites is 1. The summed E-state index contributed by atoms with van der Waals surface area (Å²) in [6.45, 7) is 3.05. The summed E-state index contributed by atoms with van der Waals surface area (Å²) in [7, 11) is 4.10. The van der Waals surface area contributed by atoms with Crippen molar-refractivity contribution in [2.24, 2.45) is 0 Å². The van der Waals surface area contributed by atoms with Crippen LogP contribution in [0.3, 0.4) is 0 Å². The molecule has 1 aliphatic rings. The number of phenolic OH excluding ortho intramolecular Hbond substituents is 2. The number of benzene rings is 3. The van der Waals surface area contributed by atoms with Gasteiger partial charge in [-0.25, -0.2) is 0 Å². The predicted molar refractivity (Wildman–Crippen MR) is 147 cm³/mol. The van der Waals surface area contributed by atoms with Gasteiger partial charge in [-0.3, -0.25) is 4.79 Å². The van der Waals surface area contributed by atoms with Gasteiger partial charge in [0.1, 0.15) is 17.2 Å². The Morgan fingerprint density at radius 1 is 0.838 bits per heavy atom. The molecule has 0 unspecified atom stereocenters. The third kappa shape index (κ3) is 5.07. The van der Waals surface area contributed by atoms with Crippen LogP contribution in [0.5, 0.6) is 11.5 Å². The number of piperidine rings is 1. The number of nitrogens with zero attached hydrogens (tertiary/aromatic N) is 3. The molecule has 37 heavy (non-hydrogen) atoms. The zero-order valence-electron chi connectivity index (χ0n) is 21.6. The maximum atomic E-state index is 14.3. The fourth-order valence-electron chi connectivity index (χ4n) is 5.49. The molecular weight excluding hydrogens is 462 g/mol. The highest BCUT2D eigenvalue weighted by Gasteiger charge is 2.32. The van der Waals surface area contributed by atoms with Crippen molar-refractivity contribution in [1.82, 2.24) is 14.4 Å². The molecule has 1 aliphatic heterocycles. The van der Waals surface area contributed by atoms with E-state index in [0.717, 1.165) is 72.2 Å². The van der Waals surface area contributed by atoms with Crippen molar-refractivity contribution in [2.75, 3.05) is 33.7 Å². The van der Waals surface area contributed by atoms with Crippen LogP contribution >= 0.6 is 0 Å². The molecule has 4 aromatic rings. The Morgan fingerprint density at radius 2 is 1.41 bits per heavy atom. The van der Waals surface area contributed by atoms with E-state index in [9.17, 15) is 15.0 Å². The van der Waals surface area contributed by atoms with E-state index in [-0.39, 0.29) is 23.3 Å². The van der Waals surface area contributed by atoms with Gasteiger partial charge >= 0.3 is 0 Å². The first-order valence-corrected chi connectivity index (χ1v) is 13.1. The molecule has 0 atom stereocenters. The van der Waals surface area contributed by atoms with Crippen LogP contribution in [0.15, 0.2) is 72.8 Å². The first-order chi connectivity index (χ1) is 17.9. The number of amides is 1. The van der Waals surface area contributed by atoms with Crippen LogP contribution in [0.2, 0.25) is 0 Å². The largest absolute Gasteiger partial charge is 0.508 e. The standard InChI is InChI=1S/C31H35N3O3/c1-32(2)20-21-34-27-9-5-4-8-26(27)29(30(34)31(37)33-18-6-3-7-19-33)28(22-10-14-24(35)15-11-22)23-12-16-25(36)17-13-23/h4-5,8-17,28,35-36H,3,6-7,18-21H2,1-2H3. The van der Waals surface area contributed by atoms with Crippen LogP contribution in [-0.2, 0) is 6.54 Å². The minimum atomic E-state index is -0.254. The van der Waals surface area contributed by atoms with Gasteiger partial charge in [0, 0.05) is 48.6 Å². The number of aromatic hydroxyl groups is 2. The van der Waals surface area contributed by atoms with E-state index < -0.39 is 0 Å². The van der Waals surface area contributed by atoms with Crippen molar-refractivity contribution >= 4 is 16.8 Å². The van der Waals surface area contributed by atoms with Gasteiger partial charge in [-0.1, -0.05) is 42.5 Å². The second-order valence-electron chi connectivity index (χ2n) is 10.2. The van der Waals surface area contributed by atoms with E-state index in [1.165, 1.54) is 0 Å². The van der Waals surface area contributed by atoms with Gasteiger partial charge in [-0.2, -0.15) is 0 Å². The Morgan fingerprint density at radius 3 is 1.97 bits per heavy atom. The summed E-state index contributed by atoms with van der Waals surface area (Å²) in [4.78, 5) is 18.5. The Bertz CT molecular complexity index is 1320. The second-order valence-corrected chi connectivity index (χ2v) is 10.2. The molecule has 3 aromatic carbocycles. The summed E-state index contributed by atoms with van der Waals surface area (Å²) < 4.78 is 2.20. The van der Waals surface area contributed by atoms with Crippen LogP contribution in [-0.4, -0.2) is 64.2 Å². The number of fused-ring (bicyclic) bond motifs is 1. The molecule has 192 valence electrons. The fraction of sp³-hybridized carbons (Fsp3) is 0.323. The molecule has 1 fully saturated rings. The summed E-state index contributed by atoms with van der Waals surface area (Å²) in [5.74, 6) is 0.222. The normalized spacial score (nSPS) is 14.1. The maximum Gasteiger partial charge on any atom is 0.270 e. The minimum Gasteiger partial charge on any atom is -0.508 e. The number of hydrogen-bond donors (Lipinski definition) is 2. The molecule has 6 nitrogen and oxygen atoms in total. The monoisotopic (exact) mass is 497 g/mol. The average Bonchev–Trinajstić information content (AvgIpc) is 3.23. The van der Waals surface area contributed by atoms with E-state index in [2.05, 4.69) is 35.7 Å². The van der Waals surface area contributed by atoms with Crippen molar-refractivity contribution in [2.45, 2.75) is 31.7 Å². The third-order valence-electron chi connectivity index (χ3n) is 7.37. The quantitative estimate of drug-likeness (QED) is 0.358. The van der Waals surface area contributed by atoms with Gasteiger partial charge in [0.05, 0.1) is 0 Å². The van der Waals surface area contributed by atoms with Gasteiger partial charge < -0.3 is 24.6 Å². The van der Waals surface area contributed by atoms with Crippen molar-refractivity contribution < 1.29 is 15.0 Å². The zero-order chi connectivity index (χ0) is 25.9. The Kier molecular flexibility index (Phi) is 7.19. The smallest absolute Gasteiger partial charge is 0.270 e. The van der Waals surface area contributed by atoms with Gasteiger partial charge in [0.2, 0.25) is 0 Å². The van der Waals surface area contributed by atoms with Crippen LogP contribution in [0.4, 0.5) is 0 Å². The highest BCUT2D eigenvalue weighted by atomic mass is 16.3. The molecule has 0 bridgehead atoms. The van der Waals surface area contributed by atoms with Crippen LogP contribution in [0, 0.1) is 0 Å². The van der Waals surface area contributed by atoms with Crippen LogP contribution in [0.1, 0.15) is 52.4 Å². The topological polar surface area (TPSA) is 68.9 Å². The van der Waals surface area contributed by atoms with Gasteiger partial charge in [-0.15, -0.1) is 0 Å².